The monoisotopic (exact) mass is 302 g/mol. The summed E-state index contributed by atoms with van der Waals surface area (Å²) in [5.74, 6) is -0.359. The Kier molecular flexibility index (Phi) is 3.22. The van der Waals surface area contributed by atoms with Gasteiger partial charge in [0, 0.05) is 0 Å². The summed E-state index contributed by atoms with van der Waals surface area (Å²) in [5, 5.41) is 38.3. The zero-order chi connectivity index (χ0) is 14.4. The number of rotatable bonds is 2. The van der Waals surface area contributed by atoms with Crippen molar-refractivity contribution in [1.29, 1.82) is 0 Å². The van der Waals surface area contributed by atoms with E-state index in [0.717, 1.165) is 6.33 Å². The molecule has 9 nitrogen and oxygen atoms in total. The summed E-state index contributed by atoms with van der Waals surface area (Å²) in [6, 6.07) is 0. The molecule has 108 valence electrons. The Hall–Kier alpha value is -1.52. The zero-order valence-corrected chi connectivity index (χ0v) is 10.7. The average Bonchev–Trinajstić information content (AvgIpc) is 2.90. The molecule has 20 heavy (non-hydrogen) atoms. The lowest BCUT2D eigenvalue weighted by molar-refractivity contribution is -0.0509. The second-order valence-electron chi connectivity index (χ2n) is 4.35. The van der Waals surface area contributed by atoms with Crippen molar-refractivity contribution in [3.8, 4) is 5.88 Å². The van der Waals surface area contributed by atoms with E-state index in [9.17, 15) is 15.3 Å². The van der Waals surface area contributed by atoms with Gasteiger partial charge in [-0.15, -0.1) is 0 Å². The van der Waals surface area contributed by atoms with E-state index in [-0.39, 0.29) is 22.3 Å². The number of ether oxygens (including phenoxy) is 1. The van der Waals surface area contributed by atoms with Gasteiger partial charge in [-0.2, -0.15) is 4.98 Å². The fourth-order valence-electron chi connectivity index (χ4n) is 2.19. The lowest BCUT2D eigenvalue weighted by Gasteiger charge is -2.17. The van der Waals surface area contributed by atoms with Gasteiger partial charge in [-0.1, -0.05) is 0 Å². The van der Waals surface area contributed by atoms with Crippen LogP contribution in [0.15, 0.2) is 6.33 Å². The fraction of sp³-hybridized carbons (Fsp3) is 0.500. The first-order chi connectivity index (χ1) is 9.54. The summed E-state index contributed by atoms with van der Waals surface area (Å²) in [6.45, 7) is -0.459. The molecule has 0 spiro atoms. The molecule has 0 saturated carbocycles. The molecule has 0 radical (unpaired) electrons. The maximum Gasteiger partial charge on any atom is 0.242 e. The number of aromatic nitrogens is 4. The largest absolute Gasteiger partial charge is 0.492 e. The number of imidazole rings is 1. The number of aromatic hydroxyl groups is 1. The Morgan fingerprint density at radius 3 is 2.70 bits per heavy atom. The minimum absolute atomic E-state index is 0.0511. The minimum Gasteiger partial charge on any atom is -0.492 e. The highest BCUT2D eigenvalue weighted by Gasteiger charge is 2.44. The van der Waals surface area contributed by atoms with E-state index >= 15 is 0 Å². The van der Waals surface area contributed by atoms with E-state index in [4.69, 9.17) is 21.4 Å². The van der Waals surface area contributed by atoms with Crippen molar-refractivity contribution >= 4 is 22.8 Å². The van der Waals surface area contributed by atoms with Gasteiger partial charge in [0.15, 0.2) is 17.4 Å². The summed E-state index contributed by atoms with van der Waals surface area (Å²) in [5.41, 5.74) is 0.201. The lowest BCUT2D eigenvalue weighted by atomic mass is 10.1. The number of hydrogen-bond acceptors (Lipinski definition) is 8. The molecule has 1 saturated heterocycles. The van der Waals surface area contributed by atoms with E-state index in [1.165, 1.54) is 4.57 Å². The number of aliphatic hydroxyl groups excluding tert-OH is 3. The predicted octanol–water partition coefficient (Wildman–Crippen LogP) is -1.20. The van der Waals surface area contributed by atoms with E-state index < -0.39 is 31.1 Å². The van der Waals surface area contributed by atoms with Crippen LogP contribution in [0, 0.1) is 0 Å². The van der Waals surface area contributed by atoms with Crippen LogP contribution < -0.4 is 0 Å². The molecule has 0 aromatic carbocycles. The molecule has 0 amide bonds. The van der Waals surface area contributed by atoms with Crippen molar-refractivity contribution in [2.24, 2.45) is 0 Å². The SMILES string of the molecule is OC[C@H]1O[C@@H](n2c(Cl)nc3c(O)ncnc32)[C@H](O)[C@@H]1O. The highest BCUT2D eigenvalue weighted by Crippen LogP contribution is 2.35. The van der Waals surface area contributed by atoms with Gasteiger partial charge in [0.25, 0.3) is 0 Å². The van der Waals surface area contributed by atoms with Gasteiger partial charge in [-0.05, 0) is 11.6 Å². The van der Waals surface area contributed by atoms with Crippen molar-refractivity contribution in [2.45, 2.75) is 24.5 Å². The molecule has 3 rings (SSSR count). The molecule has 2 aromatic rings. The second-order valence-corrected chi connectivity index (χ2v) is 4.69. The summed E-state index contributed by atoms with van der Waals surface area (Å²) in [6.07, 6.45) is -3.51. The fourth-order valence-corrected chi connectivity index (χ4v) is 2.45. The number of halogens is 1. The van der Waals surface area contributed by atoms with E-state index in [1.54, 1.807) is 0 Å². The number of nitrogens with zero attached hydrogens (tertiary/aromatic N) is 4. The van der Waals surface area contributed by atoms with E-state index in [1.807, 2.05) is 0 Å². The van der Waals surface area contributed by atoms with Crippen LogP contribution in [0.5, 0.6) is 5.88 Å². The third-order valence-electron chi connectivity index (χ3n) is 3.19. The normalized spacial score (nSPS) is 30.2. The number of hydrogen-bond donors (Lipinski definition) is 4. The van der Waals surface area contributed by atoms with Crippen LogP contribution >= 0.6 is 11.6 Å². The van der Waals surface area contributed by atoms with Crippen LogP contribution in [0.25, 0.3) is 11.2 Å². The Labute approximate surface area is 117 Å². The summed E-state index contributed by atoms with van der Waals surface area (Å²) < 4.78 is 6.58. The van der Waals surface area contributed by atoms with E-state index in [2.05, 4.69) is 15.0 Å². The van der Waals surface area contributed by atoms with Gasteiger partial charge in [-0.25, -0.2) is 9.97 Å². The van der Waals surface area contributed by atoms with Gasteiger partial charge in [-0.3, -0.25) is 4.57 Å². The number of aliphatic hydroxyl groups is 3. The first kappa shape index (κ1) is 13.5. The van der Waals surface area contributed by atoms with Crippen LogP contribution in [0.4, 0.5) is 0 Å². The molecule has 2 aromatic heterocycles. The predicted molar refractivity (Wildman–Crippen MR) is 65.0 cm³/mol. The van der Waals surface area contributed by atoms with Gasteiger partial charge in [0.1, 0.15) is 24.6 Å². The quantitative estimate of drug-likeness (QED) is 0.508. The molecule has 3 heterocycles. The lowest BCUT2D eigenvalue weighted by Crippen LogP contribution is -2.33. The number of fused-ring (bicyclic) bond motifs is 1. The molecule has 10 heteroatoms. The molecule has 4 atom stereocenters. The topological polar surface area (TPSA) is 134 Å². The molecule has 0 bridgehead atoms. The highest BCUT2D eigenvalue weighted by atomic mass is 35.5. The molecule has 1 aliphatic heterocycles. The first-order valence-electron chi connectivity index (χ1n) is 5.74. The van der Waals surface area contributed by atoms with Crippen LogP contribution in [0.1, 0.15) is 6.23 Å². The smallest absolute Gasteiger partial charge is 0.242 e. The van der Waals surface area contributed by atoms with Crippen molar-refractivity contribution in [2.75, 3.05) is 6.61 Å². The van der Waals surface area contributed by atoms with Crippen molar-refractivity contribution in [3.63, 3.8) is 0 Å². The van der Waals surface area contributed by atoms with Crippen molar-refractivity contribution in [3.05, 3.63) is 11.6 Å². The minimum atomic E-state index is -1.32. The maximum absolute atomic E-state index is 9.98. The summed E-state index contributed by atoms with van der Waals surface area (Å²) in [4.78, 5) is 11.4. The van der Waals surface area contributed by atoms with Gasteiger partial charge in [0.05, 0.1) is 6.61 Å². The molecular formula is C10H11ClN4O5. The average molecular weight is 303 g/mol. The van der Waals surface area contributed by atoms with Gasteiger partial charge in [0.2, 0.25) is 11.2 Å². The third kappa shape index (κ3) is 1.83. The first-order valence-corrected chi connectivity index (χ1v) is 6.12. The molecule has 0 unspecified atom stereocenters. The van der Waals surface area contributed by atoms with Gasteiger partial charge >= 0.3 is 0 Å². The highest BCUT2D eigenvalue weighted by molar-refractivity contribution is 6.29. The molecule has 4 N–H and O–H groups in total. The maximum atomic E-state index is 9.98. The Bertz CT molecular complexity index is 650. The van der Waals surface area contributed by atoms with Crippen molar-refractivity contribution in [1.82, 2.24) is 19.5 Å². The Morgan fingerprint density at radius 2 is 2.05 bits per heavy atom. The van der Waals surface area contributed by atoms with Crippen molar-refractivity contribution < 1.29 is 25.2 Å². The zero-order valence-electron chi connectivity index (χ0n) is 9.96. The van der Waals surface area contributed by atoms with Crippen LogP contribution in [-0.4, -0.2) is 64.9 Å². The molecule has 1 fully saturated rings. The van der Waals surface area contributed by atoms with Crippen LogP contribution in [-0.2, 0) is 4.74 Å². The second kappa shape index (κ2) is 4.79. The van der Waals surface area contributed by atoms with E-state index in [0.29, 0.717) is 0 Å². The molecule has 0 aliphatic carbocycles. The third-order valence-corrected chi connectivity index (χ3v) is 3.45. The van der Waals surface area contributed by atoms with Gasteiger partial charge < -0.3 is 25.2 Å². The molecule has 1 aliphatic rings. The Morgan fingerprint density at radius 1 is 1.30 bits per heavy atom. The Balaban J connectivity index is 2.11. The van der Waals surface area contributed by atoms with Crippen LogP contribution in [0.3, 0.4) is 0 Å². The van der Waals surface area contributed by atoms with Crippen LogP contribution in [0.2, 0.25) is 5.28 Å². The standard InChI is InChI=1S/C10H11ClN4O5/c11-10-14-4-7(12-2-13-8(4)19)15(10)9-6(18)5(17)3(1-16)20-9/h2-3,5-6,9,16-18H,1H2,(H,12,13,19)/t3-,5-,6-,9-/m1/s1. The summed E-state index contributed by atoms with van der Waals surface area (Å²) in [7, 11) is 0. The summed E-state index contributed by atoms with van der Waals surface area (Å²) >= 11 is 5.96. The molecular weight excluding hydrogens is 292 g/mol.